The Morgan fingerprint density at radius 2 is 1.52 bits per heavy atom. The van der Waals surface area contributed by atoms with Crippen LogP contribution in [-0.2, 0) is 6.42 Å². The average molecular weight is 306 g/mol. The zero-order valence-electron chi connectivity index (χ0n) is 13.5. The Bertz CT molecular complexity index is 730. The van der Waals surface area contributed by atoms with Gasteiger partial charge in [-0.05, 0) is 25.3 Å². The number of ether oxygens (including phenoxy) is 1. The first-order chi connectivity index (χ1) is 11.3. The number of piperazine rings is 1. The summed E-state index contributed by atoms with van der Waals surface area (Å²) < 4.78 is 6.16. The number of para-hydroxylation sites is 2. The lowest BCUT2D eigenvalue weighted by atomic mass is 10.0. The second kappa shape index (κ2) is 6.09. The van der Waals surface area contributed by atoms with Crippen molar-refractivity contribution in [3.8, 4) is 11.5 Å². The molecule has 0 amide bonds. The molecule has 1 fully saturated rings. The lowest BCUT2D eigenvalue weighted by Gasteiger charge is -2.36. The summed E-state index contributed by atoms with van der Waals surface area (Å²) in [5.41, 5.74) is 3.81. The van der Waals surface area contributed by atoms with Crippen molar-refractivity contribution in [2.24, 2.45) is 0 Å². The van der Waals surface area contributed by atoms with Crippen molar-refractivity contribution < 1.29 is 4.74 Å². The monoisotopic (exact) mass is 306 g/mol. The summed E-state index contributed by atoms with van der Waals surface area (Å²) in [5.74, 6) is 1.91. The Balaban J connectivity index is 1.76. The van der Waals surface area contributed by atoms with Gasteiger partial charge in [0, 0.05) is 49.4 Å². The van der Waals surface area contributed by atoms with Crippen LogP contribution in [0.1, 0.15) is 11.1 Å². The van der Waals surface area contributed by atoms with E-state index in [1.165, 1.54) is 11.3 Å². The van der Waals surface area contributed by atoms with Crippen LogP contribution in [0.4, 0.5) is 0 Å². The Hall–Kier alpha value is -2.26. The minimum Gasteiger partial charge on any atom is -0.456 e. The van der Waals surface area contributed by atoms with Crippen LogP contribution in [0.5, 0.6) is 11.5 Å². The highest BCUT2D eigenvalue weighted by molar-refractivity contribution is 5.62. The number of hydrogen-bond donors (Lipinski definition) is 0. The number of fused-ring (bicyclic) bond motifs is 2. The molecule has 2 heterocycles. The molecule has 0 saturated carbocycles. The highest BCUT2D eigenvalue weighted by Gasteiger charge is 2.20. The fourth-order valence-corrected chi connectivity index (χ4v) is 3.28. The van der Waals surface area contributed by atoms with Crippen LogP contribution in [0.15, 0.2) is 54.2 Å². The van der Waals surface area contributed by atoms with Crippen LogP contribution in [0.25, 0.3) is 6.08 Å². The summed E-state index contributed by atoms with van der Waals surface area (Å²) in [6.07, 6.45) is 3.23. The first-order valence-electron chi connectivity index (χ1n) is 8.28. The molecule has 0 bridgehead atoms. The van der Waals surface area contributed by atoms with Gasteiger partial charge in [0.2, 0.25) is 0 Å². The van der Waals surface area contributed by atoms with E-state index in [2.05, 4.69) is 59.3 Å². The van der Waals surface area contributed by atoms with Crippen LogP contribution >= 0.6 is 0 Å². The first kappa shape index (κ1) is 14.3. The van der Waals surface area contributed by atoms with Gasteiger partial charge >= 0.3 is 0 Å². The van der Waals surface area contributed by atoms with Gasteiger partial charge in [0.25, 0.3) is 0 Å². The molecule has 0 atom stereocenters. The molecule has 0 unspecified atom stereocenters. The van der Waals surface area contributed by atoms with Gasteiger partial charge in [0.15, 0.2) is 0 Å². The van der Waals surface area contributed by atoms with Gasteiger partial charge in [-0.3, -0.25) is 0 Å². The molecule has 2 aliphatic heterocycles. The Kier molecular flexibility index (Phi) is 3.80. The minimum atomic E-state index is 0.925. The third-order valence-electron chi connectivity index (χ3n) is 4.71. The molecule has 118 valence electrons. The van der Waals surface area contributed by atoms with E-state index in [1.54, 1.807) is 0 Å². The summed E-state index contributed by atoms with van der Waals surface area (Å²) in [6.45, 7) is 4.43. The number of hydrogen-bond acceptors (Lipinski definition) is 3. The topological polar surface area (TPSA) is 15.7 Å². The summed E-state index contributed by atoms with van der Waals surface area (Å²) in [5, 5.41) is 0. The highest BCUT2D eigenvalue weighted by atomic mass is 16.5. The molecule has 0 aromatic heterocycles. The molecule has 4 rings (SSSR count). The largest absolute Gasteiger partial charge is 0.456 e. The van der Waals surface area contributed by atoms with E-state index in [0.717, 1.165) is 49.7 Å². The van der Waals surface area contributed by atoms with E-state index in [1.807, 2.05) is 12.1 Å². The molecule has 0 aliphatic carbocycles. The molecule has 2 aromatic rings. The fourth-order valence-electron chi connectivity index (χ4n) is 3.28. The maximum Gasteiger partial charge on any atom is 0.134 e. The third-order valence-corrected chi connectivity index (χ3v) is 4.71. The number of nitrogens with zero attached hydrogens (tertiary/aromatic N) is 2. The number of likely N-dealkylation sites (N-methyl/N-ethyl adjacent to an activating group) is 1. The summed E-state index contributed by atoms with van der Waals surface area (Å²) in [6, 6.07) is 16.7. The van der Waals surface area contributed by atoms with Gasteiger partial charge in [-0.2, -0.15) is 0 Å². The van der Waals surface area contributed by atoms with Crippen LogP contribution in [0.2, 0.25) is 0 Å². The van der Waals surface area contributed by atoms with Crippen molar-refractivity contribution in [3.63, 3.8) is 0 Å². The van der Waals surface area contributed by atoms with Crippen LogP contribution < -0.4 is 4.74 Å². The van der Waals surface area contributed by atoms with E-state index in [-0.39, 0.29) is 0 Å². The summed E-state index contributed by atoms with van der Waals surface area (Å²) in [4.78, 5) is 4.92. The first-order valence-corrected chi connectivity index (χ1v) is 8.28. The number of rotatable bonds is 1. The van der Waals surface area contributed by atoms with Gasteiger partial charge in [0.05, 0.1) is 0 Å². The van der Waals surface area contributed by atoms with E-state index < -0.39 is 0 Å². The molecule has 0 N–H and O–H groups in total. The summed E-state index contributed by atoms with van der Waals surface area (Å²) in [7, 11) is 2.20. The lowest BCUT2D eigenvalue weighted by molar-refractivity contribution is 0.185. The highest BCUT2D eigenvalue weighted by Crippen LogP contribution is 2.34. The SMILES string of the molecule is CN1CCN(/C2=C/c3ccccc3Oc3ccccc3C2)CC1. The summed E-state index contributed by atoms with van der Waals surface area (Å²) >= 11 is 0. The third kappa shape index (κ3) is 2.97. The second-order valence-corrected chi connectivity index (χ2v) is 6.35. The quantitative estimate of drug-likeness (QED) is 0.800. The Morgan fingerprint density at radius 1 is 0.826 bits per heavy atom. The van der Waals surface area contributed by atoms with E-state index in [0.29, 0.717) is 0 Å². The standard InChI is InChI=1S/C20H22N2O/c1-21-10-12-22(13-11-21)18-14-16-6-2-4-8-19(16)23-20-9-5-3-7-17(20)15-18/h2-9,14H,10-13,15H2,1H3/b18-14+. The zero-order chi connectivity index (χ0) is 15.6. The average Bonchev–Trinajstić information content (AvgIpc) is 2.56. The van der Waals surface area contributed by atoms with Crippen molar-refractivity contribution in [2.75, 3.05) is 33.2 Å². The van der Waals surface area contributed by atoms with E-state index in [9.17, 15) is 0 Å². The van der Waals surface area contributed by atoms with Gasteiger partial charge in [-0.1, -0.05) is 36.4 Å². The van der Waals surface area contributed by atoms with Crippen molar-refractivity contribution in [1.29, 1.82) is 0 Å². The maximum atomic E-state index is 6.16. The minimum absolute atomic E-state index is 0.925. The number of allylic oxidation sites excluding steroid dienone is 1. The van der Waals surface area contributed by atoms with Crippen LogP contribution in [0.3, 0.4) is 0 Å². The fraction of sp³-hybridized carbons (Fsp3) is 0.300. The normalized spacial score (nSPS) is 20.4. The molecule has 0 spiro atoms. The van der Waals surface area contributed by atoms with Crippen molar-refractivity contribution in [1.82, 2.24) is 9.80 Å². The van der Waals surface area contributed by atoms with Gasteiger partial charge in [0.1, 0.15) is 11.5 Å². The zero-order valence-corrected chi connectivity index (χ0v) is 13.5. The molecule has 0 radical (unpaired) electrons. The van der Waals surface area contributed by atoms with Crippen molar-refractivity contribution in [2.45, 2.75) is 6.42 Å². The molecule has 2 aromatic carbocycles. The van der Waals surface area contributed by atoms with Crippen molar-refractivity contribution in [3.05, 3.63) is 65.4 Å². The number of benzene rings is 2. The van der Waals surface area contributed by atoms with Crippen LogP contribution in [-0.4, -0.2) is 43.0 Å². The Morgan fingerprint density at radius 3 is 2.35 bits per heavy atom. The molecule has 23 heavy (non-hydrogen) atoms. The van der Waals surface area contributed by atoms with E-state index >= 15 is 0 Å². The van der Waals surface area contributed by atoms with Gasteiger partial charge in [-0.15, -0.1) is 0 Å². The molecule has 1 saturated heterocycles. The molecule has 2 aliphatic rings. The molecule has 3 heteroatoms. The van der Waals surface area contributed by atoms with Gasteiger partial charge < -0.3 is 14.5 Å². The predicted molar refractivity (Wildman–Crippen MR) is 93.7 cm³/mol. The molecular formula is C20H22N2O. The smallest absolute Gasteiger partial charge is 0.134 e. The maximum absolute atomic E-state index is 6.16. The predicted octanol–water partition coefficient (Wildman–Crippen LogP) is 3.62. The van der Waals surface area contributed by atoms with Gasteiger partial charge in [-0.25, -0.2) is 0 Å². The molecular weight excluding hydrogens is 284 g/mol. The van der Waals surface area contributed by atoms with Crippen LogP contribution in [0, 0.1) is 0 Å². The molecule has 3 nitrogen and oxygen atoms in total. The lowest BCUT2D eigenvalue weighted by Crippen LogP contribution is -2.44. The van der Waals surface area contributed by atoms with Crippen molar-refractivity contribution >= 4 is 6.08 Å². The van der Waals surface area contributed by atoms with E-state index in [4.69, 9.17) is 4.74 Å². The Labute approximate surface area is 137 Å². The second-order valence-electron chi connectivity index (χ2n) is 6.35.